The first kappa shape index (κ1) is 16.6. The van der Waals surface area contributed by atoms with Crippen molar-refractivity contribution in [3.8, 4) is 0 Å². The van der Waals surface area contributed by atoms with Crippen molar-refractivity contribution in [1.29, 1.82) is 0 Å². The molecule has 1 N–H and O–H groups in total. The Morgan fingerprint density at radius 3 is 2.43 bits per heavy atom. The molecule has 0 saturated carbocycles. The van der Waals surface area contributed by atoms with Gasteiger partial charge in [0.05, 0.1) is 10.6 Å². The Hall–Kier alpha value is -2.80. The number of nitro benzene ring substituents is 1. The first-order valence-corrected chi connectivity index (χ1v) is 6.81. The van der Waals surface area contributed by atoms with Crippen LogP contribution in [0.4, 0.5) is 10.1 Å². The molecular weight excluding hydrogens is 325 g/mol. The Bertz CT molecular complexity index is 791. The van der Waals surface area contributed by atoms with Crippen LogP contribution in [-0.4, -0.2) is 16.5 Å². The minimum absolute atomic E-state index is 0.0156. The molecule has 0 saturated heterocycles. The predicted octanol–water partition coefficient (Wildman–Crippen LogP) is 3.54. The average Bonchev–Trinajstić information content (AvgIpc) is 2.53. The van der Waals surface area contributed by atoms with E-state index in [2.05, 4.69) is 10.5 Å². The SMILES string of the molecule is C/C(=N\NC(=O)c1ccc(F)cc1)c1ccc(Cl)c([N+](=O)[O-])c1. The molecule has 0 fully saturated rings. The van der Waals surface area contributed by atoms with E-state index >= 15 is 0 Å². The van der Waals surface area contributed by atoms with Gasteiger partial charge < -0.3 is 0 Å². The molecule has 0 aromatic heterocycles. The Kier molecular flexibility index (Phi) is 5.02. The number of nitro groups is 1. The molecule has 0 heterocycles. The monoisotopic (exact) mass is 335 g/mol. The van der Waals surface area contributed by atoms with Crippen molar-refractivity contribution in [3.63, 3.8) is 0 Å². The molecule has 2 rings (SSSR count). The van der Waals surface area contributed by atoms with Gasteiger partial charge >= 0.3 is 0 Å². The Labute approximate surface area is 135 Å². The standard InChI is InChI=1S/C15H11ClFN3O3/c1-9(11-4-7-13(16)14(8-11)20(22)23)18-19-15(21)10-2-5-12(17)6-3-10/h2-8H,1H3,(H,19,21)/b18-9+. The molecule has 0 unspecified atom stereocenters. The second kappa shape index (κ2) is 6.97. The van der Waals surface area contributed by atoms with Crippen molar-refractivity contribution in [1.82, 2.24) is 5.43 Å². The van der Waals surface area contributed by atoms with Crippen LogP contribution in [0.5, 0.6) is 0 Å². The molecule has 23 heavy (non-hydrogen) atoms. The molecule has 2 aromatic carbocycles. The number of hydrogen-bond donors (Lipinski definition) is 1. The molecule has 0 aliphatic carbocycles. The van der Waals surface area contributed by atoms with Gasteiger partial charge in [-0.1, -0.05) is 17.7 Å². The summed E-state index contributed by atoms with van der Waals surface area (Å²) in [4.78, 5) is 22.1. The number of carbonyl (C=O) groups is 1. The van der Waals surface area contributed by atoms with Crippen molar-refractivity contribution < 1.29 is 14.1 Å². The van der Waals surface area contributed by atoms with Gasteiger partial charge in [-0.15, -0.1) is 0 Å². The Morgan fingerprint density at radius 1 is 1.22 bits per heavy atom. The molecule has 1 amide bonds. The van der Waals surface area contributed by atoms with E-state index in [0.29, 0.717) is 11.3 Å². The van der Waals surface area contributed by atoms with Crippen molar-refractivity contribution >= 4 is 28.9 Å². The number of nitrogens with zero attached hydrogens (tertiary/aromatic N) is 2. The van der Waals surface area contributed by atoms with Gasteiger partial charge in [0.25, 0.3) is 11.6 Å². The van der Waals surface area contributed by atoms with E-state index in [1.165, 1.54) is 24.3 Å². The Morgan fingerprint density at radius 2 is 1.83 bits per heavy atom. The summed E-state index contributed by atoms with van der Waals surface area (Å²) in [7, 11) is 0. The number of hydrogen-bond acceptors (Lipinski definition) is 4. The average molecular weight is 336 g/mol. The number of halogens is 2. The van der Waals surface area contributed by atoms with Crippen molar-refractivity contribution in [2.24, 2.45) is 5.10 Å². The summed E-state index contributed by atoms with van der Waals surface area (Å²) in [5.74, 6) is -0.970. The number of nitrogens with one attached hydrogen (secondary N) is 1. The lowest BCUT2D eigenvalue weighted by Gasteiger charge is -2.04. The highest BCUT2D eigenvalue weighted by molar-refractivity contribution is 6.32. The van der Waals surface area contributed by atoms with E-state index in [1.807, 2.05) is 0 Å². The number of rotatable bonds is 4. The normalized spacial score (nSPS) is 11.2. The van der Waals surface area contributed by atoms with Crippen molar-refractivity contribution in [2.75, 3.05) is 0 Å². The maximum absolute atomic E-state index is 12.8. The summed E-state index contributed by atoms with van der Waals surface area (Å²) in [6.45, 7) is 1.58. The van der Waals surface area contributed by atoms with Crippen LogP contribution >= 0.6 is 11.6 Å². The van der Waals surface area contributed by atoms with Gasteiger partial charge in [-0.3, -0.25) is 14.9 Å². The van der Waals surface area contributed by atoms with Gasteiger partial charge in [0.2, 0.25) is 0 Å². The van der Waals surface area contributed by atoms with Crippen LogP contribution in [0.25, 0.3) is 0 Å². The zero-order valence-electron chi connectivity index (χ0n) is 11.9. The maximum atomic E-state index is 12.8. The summed E-state index contributed by atoms with van der Waals surface area (Å²) in [5.41, 5.74) is 3.10. The molecule has 8 heteroatoms. The van der Waals surface area contributed by atoms with Gasteiger partial charge in [0.15, 0.2) is 0 Å². The molecular formula is C15H11ClFN3O3. The molecule has 6 nitrogen and oxygen atoms in total. The fraction of sp³-hybridized carbons (Fsp3) is 0.0667. The van der Waals surface area contributed by atoms with Gasteiger partial charge in [-0.25, -0.2) is 9.82 Å². The molecule has 0 spiro atoms. The molecule has 0 bridgehead atoms. The van der Waals surface area contributed by atoms with Crippen LogP contribution in [0.15, 0.2) is 47.6 Å². The second-order valence-corrected chi connectivity index (χ2v) is 4.98. The summed E-state index contributed by atoms with van der Waals surface area (Å²) in [6, 6.07) is 9.17. The third kappa shape index (κ3) is 4.10. The fourth-order valence-corrected chi connectivity index (χ4v) is 1.93. The summed E-state index contributed by atoms with van der Waals surface area (Å²) < 4.78 is 12.8. The van der Waals surface area contributed by atoms with E-state index in [1.54, 1.807) is 13.0 Å². The largest absolute Gasteiger partial charge is 0.288 e. The van der Waals surface area contributed by atoms with Crippen LogP contribution in [-0.2, 0) is 0 Å². The predicted molar refractivity (Wildman–Crippen MR) is 84.2 cm³/mol. The first-order chi connectivity index (χ1) is 10.9. The number of carbonyl (C=O) groups excluding carboxylic acids is 1. The topological polar surface area (TPSA) is 84.6 Å². The lowest BCUT2D eigenvalue weighted by Crippen LogP contribution is -2.19. The molecule has 2 aromatic rings. The first-order valence-electron chi connectivity index (χ1n) is 6.43. The minimum atomic E-state index is -0.601. The van der Waals surface area contributed by atoms with Crippen LogP contribution < -0.4 is 5.43 Å². The lowest BCUT2D eigenvalue weighted by molar-refractivity contribution is -0.384. The zero-order valence-corrected chi connectivity index (χ0v) is 12.7. The maximum Gasteiger partial charge on any atom is 0.288 e. The van der Waals surface area contributed by atoms with Crippen LogP contribution in [0.1, 0.15) is 22.8 Å². The van der Waals surface area contributed by atoms with E-state index in [0.717, 1.165) is 12.1 Å². The molecule has 0 atom stereocenters. The fourth-order valence-electron chi connectivity index (χ4n) is 1.74. The number of benzene rings is 2. The van der Waals surface area contributed by atoms with Gasteiger partial charge in [-0.05, 0) is 37.3 Å². The third-order valence-corrected chi connectivity index (χ3v) is 3.31. The molecule has 0 aliphatic rings. The van der Waals surface area contributed by atoms with Gasteiger partial charge in [-0.2, -0.15) is 5.10 Å². The third-order valence-electron chi connectivity index (χ3n) is 2.99. The van der Waals surface area contributed by atoms with Crippen molar-refractivity contribution in [2.45, 2.75) is 6.92 Å². The molecule has 118 valence electrons. The van der Waals surface area contributed by atoms with Crippen LogP contribution in [0, 0.1) is 15.9 Å². The van der Waals surface area contributed by atoms with Gasteiger partial charge in [0, 0.05) is 17.2 Å². The van der Waals surface area contributed by atoms with Gasteiger partial charge in [0.1, 0.15) is 10.8 Å². The van der Waals surface area contributed by atoms with Crippen LogP contribution in [0.2, 0.25) is 5.02 Å². The van der Waals surface area contributed by atoms with E-state index in [9.17, 15) is 19.3 Å². The van der Waals surface area contributed by atoms with E-state index in [4.69, 9.17) is 11.6 Å². The highest BCUT2D eigenvalue weighted by Gasteiger charge is 2.14. The second-order valence-electron chi connectivity index (χ2n) is 4.57. The highest BCUT2D eigenvalue weighted by atomic mass is 35.5. The van der Waals surface area contributed by atoms with Crippen LogP contribution in [0.3, 0.4) is 0 Å². The lowest BCUT2D eigenvalue weighted by atomic mass is 10.1. The van der Waals surface area contributed by atoms with E-state index < -0.39 is 16.6 Å². The summed E-state index contributed by atoms with van der Waals surface area (Å²) >= 11 is 5.73. The quantitative estimate of drug-likeness (QED) is 0.527. The summed E-state index contributed by atoms with van der Waals surface area (Å²) in [6.07, 6.45) is 0. The summed E-state index contributed by atoms with van der Waals surface area (Å²) in [5, 5.41) is 14.8. The van der Waals surface area contributed by atoms with Crippen molar-refractivity contribution in [3.05, 3.63) is 74.5 Å². The number of hydrazone groups is 1. The zero-order chi connectivity index (χ0) is 17.0. The van der Waals surface area contributed by atoms with E-state index in [-0.39, 0.29) is 16.3 Å². The minimum Gasteiger partial charge on any atom is -0.267 e. The number of amides is 1. The molecule has 0 aliphatic heterocycles. The molecule has 0 radical (unpaired) electrons. The Balaban J connectivity index is 2.16. The smallest absolute Gasteiger partial charge is 0.267 e. The highest BCUT2D eigenvalue weighted by Crippen LogP contribution is 2.25.